The molecule has 0 radical (unpaired) electrons. The lowest BCUT2D eigenvalue weighted by Crippen LogP contribution is -2.48. The number of ether oxygens (including phenoxy) is 2. The third-order valence-electron chi connectivity index (χ3n) is 5.47. The summed E-state index contributed by atoms with van der Waals surface area (Å²) in [5, 5.41) is 28.2. The van der Waals surface area contributed by atoms with E-state index >= 15 is 0 Å². The average molecular weight is 417 g/mol. The molecule has 5 atom stereocenters. The molecular formula is C22H40O7. The molecule has 29 heavy (non-hydrogen) atoms. The summed E-state index contributed by atoms with van der Waals surface area (Å²) in [5.41, 5.74) is 0. The molecule has 0 aromatic heterocycles. The maximum Gasteiger partial charge on any atom is 0.310 e. The van der Waals surface area contributed by atoms with Crippen LogP contribution in [-0.2, 0) is 19.1 Å². The van der Waals surface area contributed by atoms with Crippen LogP contribution in [0, 0.1) is 0 Å². The Balaban J connectivity index is 1.91. The molecule has 0 amide bonds. The van der Waals surface area contributed by atoms with Gasteiger partial charge in [-0.2, -0.15) is 0 Å². The first-order valence-electron chi connectivity index (χ1n) is 11.2. The maximum atomic E-state index is 11.3. The number of hydrogen-bond acceptors (Lipinski definition) is 6. The highest BCUT2D eigenvalue weighted by molar-refractivity contribution is 5.94. The van der Waals surface area contributed by atoms with Gasteiger partial charge in [-0.3, -0.25) is 9.59 Å². The molecule has 0 bridgehead atoms. The summed E-state index contributed by atoms with van der Waals surface area (Å²) in [6.45, 7) is 3.78. The van der Waals surface area contributed by atoms with Gasteiger partial charge in [0.15, 0.2) is 6.29 Å². The minimum absolute atomic E-state index is 0.0148. The van der Waals surface area contributed by atoms with E-state index in [4.69, 9.17) is 14.6 Å². The second kappa shape index (κ2) is 14.9. The number of carboxylic acids is 1. The first-order valence-corrected chi connectivity index (χ1v) is 11.2. The van der Waals surface area contributed by atoms with Crippen molar-refractivity contribution in [3.8, 4) is 0 Å². The first kappa shape index (κ1) is 26.0. The number of unbranched alkanes of at least 4 members (excludes halogenated alkanes) is 8. The largest absolute Gasteiger partial charge is 0.481 e. The number of hydrogen-bond donors (Lipinski definition) is 3. The van der Waals surface area contributed by atoms with E-state index in [0.717, 1.165) is 44.9 Å². The lowest BCUT2D eigenvalue weighted by atomic mass is 10.0. The number of rotatable bonds is 16. The molecule has 0 unspecified atom stereocenters. The third kappa shape index (κ3) is 12.3. The van der Waals surface area contributed by atoms with Crippen molar-refractivity contribution >= 4 is 11.8 Å². The van der Waals surface area contributed by atoms with E-state index < -0.39 is 24.5 Å². The number of aliphatic hydroxyl groups is 2. The van der Waals surface area contributed by atoms with Gasteiger partial charge in [0, 0.05) is 12.8 Å². The molecule has 1 saturated heterocycles. The predicted molar refractivity (Wildman–Crippen MR) is 110 cm³/mol. The van der Waals surface area contributed by atoms with Crippen LogP contribution >= 0.6 is 0 Å². The van der Waals surface area contributed by atoms with Crippen molar-refractivity contribution in [2.24, 2.45) is 0 Å². The van der Waals surface area contributed by atoms with Gasteiger partial charge in [-0.1, -0.05) is 51.4 Å². The van der Waals surface area contributed by atoms with E-state index in [1.54, 1.807) is 6.92 Å². The maximum absolute atomic E-state index is 11.3. The summed E-state index contributed by atoms with van der Waals surface area (Å²) in [6.07, 6.45) is 8.74. The van der Waals surface area contributed by atoms with Gasteiger partial charge in [0.2, 0.25) is 0 Å². The van der Waals surface area contributed by atoms with Gasteiger partial charge in [0.05, 0.1) is 18.3 Å². The minimum atomic E-state index is -1.04. The lowest BCUT2D eigenvalue weighted by molar-refractivity contribution is -0.273. The summed E-state index contributed by atoms with van der Waals surface area (Å²) < 4.78 is 11.3. The van der Waals surface area contributed by atoms with E-state index in [1.807, 2.05) is 6.92 Å². The minimum Gasteiger partial charge on any atom is -0.481 e. The van der Waals surface area contributed by atoms with Crippen molar-refractivity contribution < 1.29 is 34.4 Å². The number of carboxylic acid groups (broad SMARTS) is 1. The molecule has 7 heteroatoms. The molecule has 1 rings (SSSR count). The molecular weight excluding hydrogens is 376 g/mol. The topological polar surface area (TPSA) is 113 Å². The predicted octanol–water partition coefficient (Wildman–Crippen LogP) is 3.58. The normalized spacial score (nSPS) is 25.7. The Kier molecular flexibility index (Phi) is 13.4. The van der Waals surface area contributed by atoms with Crippen molar-refractivity contribution in [3.05, 3.63) is 0 Å². The highest BCUT2D eigenvalue weighted by atomic mass is 16.7. The van der Waals surface area contributed by atoms with E-state index in [0.29, 0.717) is 6.42 Å². The van der Waals surface area contributed by atoms with Gasteiger partial charge in [-0.15, -0.1) is 0 Å². The van der Waals surface area contributed by atoms with Crippen LogP contribution in [0.15, 0.2) is 0 Å². The summed E-state index contributed by atoms with van der Waals surface area (Å²) in [7, 11) is 0. The number of carbonyl (C=O) groups excluding carboxylic acids is 1. The van der Waals surface area contributed by atoms with E-state index in [2.05, 4.69) is 0 Å². The molecule has 3 N–H and O–H groups in total. The Labute approximate surface area is 174 Å². The number of carbonyl (C=O) groups is 2. The second-order valence-electron chi connectivity index (χ2n) is 8.36. The number of aliphatic carboxylic acids is 1. The van der Waals surface area contributed by atoms with Gasteiger partial charge >= 0.3 is 5.97 Å². The van der Waals surface area contributed by atoms with Crippen LogP contribution in [0.25, 0.3) is 0 Å². The van der Waals surface area contributed by atoms with Crippen molar-refractivity contribution in [2.75, 3.05) is 0 Å². The molecule has 1 heterocycles. The molecule has 1 aliphatic heterocycles. The Bertz CT molecular complexity index is 468. The summed E-state index contributed by atoms with van der Waals surface area (Å²) in [5.74, 6) is -1.21. The van der Waals surface area contributed by atoms with Crippen molar-refractivity contribution in [3.63, 3.8) is 0 Å². The zero-order chi connectivity index (χ0) is 21.6. The summed E-state index contributed by atoms with van der Waals surface area (Å²) in [6, 6.07) is 0. The van der Waals surface area contributed by atoms with E-state index in [1.165, 1.54) is 19.3 Å². The zero-order valence-corrected chi connectivity index (χ0v) is 18.1. The van der Waals surface area contributed by atoms with Crippen molar-refractivity contribution in [2.45, 2.75) is 128 Å². The van der Waals surface area contributed by atoms with Crippen LogP contribution < -0.4 is 0 Å². The molecule has 0 spiro atoms. The number of aliphatic hydroxyl groups excluding tert-OH is 2. The fourth-order valence-corrected chi connectivity index (χ4v) is 3.61. The van der Waals surface area contributed by atoms with Crippen LogP contribution in [0.1, 0.15) is 97.3 Å². The monoisotopic (exact) mass is 416 g/mol. The molecule has 0 aromatic rings. The van der Waals surface area contributed by atoms with Crippen LogP contribution in [0.3, 0.4) is 0 Å². The SMILES string of the molecule is C[C@H](CCCCCCCCCCCC(=O)CC(=O)O)O[C@@H]1O[C@@H](C)[C@H](O)C[C@H]1O. The summed E-state index contributed by atoms with van der Waals surface area (Å²) >= 11 is 0. The Morgan fingerprint density at radius 3 is 2.10 bits per heavy atom. The number of ketones is 1. The molecule has 0 aromatic carbocycles. The van der Waals surface area contributed by atoms with Gasteiger partial charge in [0.25, 0.3) is 0 Å². The highest BCUT2D eigenvalue weighted by Crippen LogP contribution is 2.23. The van der Waals surface area contributed by atoms with Crippen LogP contribution in [0.4, 0.5) is 0 Å². The first-order chi connectivity index (χ1) is 13.8. The molecule has 170 valence electrons. The third-order valence-corrected chi connectivity index (χ3v) is 5.47. The fourth-order valence-electron chi connectivity index (χ4n) is 3.61. The van der Waals surface area contributed by atoms with Crippen molar-refractivity contribution in [1.82, 2.24) is 0 Å². The van der Waals surface area contributed by atoms with Gasteiger partial charge in [-0.25, -0.2) is 0 Å². The standard InChI is InChI=1S/C22H40O7/c1-16(28-22-20(25)15-19(24)17(2)29-22)12-10-8-6-4-3-5-7-9-11-13-18(23)14-21(26)27/h16-17,19-20,22,24-25H,3-15H2,1-2H3,(H,26,27)/t16-,17+,19-,20-,22-/m1/s1. The summed E-state index contributed by atoms with van der Waals surface area (Å²) in [4.78, 5) is 21.7. The fraction of sp³-hybridized carbons (Fsp3) is 0.909. The Hall–Kier alpha value is -1.02. The van der Waals surface area contributed by atoms with Crippen LogP contribution in [-0.4, -0.2) is 57.8 Å². The number of Topliss-reactive ketones (excluding diaryl/α,β-unsaturated/α-hetero) is 1. The quantitative estimate of drug-likeness (QED) is 0.260. The smallest absolute Gasteiger partial charge is 0.310 e. The molecule has 1 fully saturated rings. The molecule has 7 nitrogen and oxygen atoms in total. The van der Waals surface area contributed by atoms with E-state index in [-0.39, 0.29) is 30.8 Å². The van der Waals surface area contributed by atoms with Gasteiger partial charge < -0.3 is 24.8 Å². The van der Waals surface area contributed by atoms with Gasteiger partial charge in [-0.05, 0) is 26.7 Å². The van der Waals surface area contributed by atoms with Crippen LogP contribution in [0.5, 0.6) is 0 Å². The Morgan fingerprint density at radius 1 is 0.966 bits per heavy atom. The second-order valence-corrected chi connectivity index (χ2v) is 8.36. The lowest BCUT2D eigenvalue weighted by Gasteiger charge is -2.36. The van der Waals surface area contributed by atoms with Gasteiger partial charge in [0.1, 0.15) is 18.3 Å². The van der Waals surface area contributed by atoms with E-state index in [9.17, 15) is 19.8 Å². The van der Waals surface area contributed by atoms with Crippen LogP contribution in [0.2, 0.25) is 0 Å². The highest BCUT2D eigenvalue weighted by Gasteiger charge is 2.35. The molecule has 0 saturated carbocycles. The molecule has 1 aliphatic rings. The zero-order valence-electron chi connectivity index (χ0n) is 18.1. The van der Waals surface area contributed by atoms with Crippen molar-refractivity contribution in [1.29, 1.82) is 0 Å². The molecule has 0 aliphatic carbocycles. The average Bonchev–Trinajstić information content (AvgIpc) is 2.63. The Morgan fingerprint density at radius 2 is 1.52 bits per heavy atom.